The molecular formula is C14H11BrN2O3. The molecule has 0 aliphatic rings. The molecule has 0 aliphatic heterocycles. The Labute approximate surface area is 124 Å². The van der Waals surface area contributed by atoms with Crippen LogP contribution in [-0.4, -0.2) is 23.8 Å². The average Bonchev–Trinajstić information content (AvgIpc) is 2.48. The highest BCUT2D eigenvalue weighted by molar-refractivity contribution is 9.10. The summed E-state index contributed by atoms with van der Waals surface area (Å²) in [5.74, 6) is 0.161. The zero-order chi connectivity index (χ0) is 14.4. The standard InChI is InChI=1S/C14H11BrN2O3/c15-10-1-3-11(4-2-10)17-14(19)9-20-13-6-5-12(8-18)16-7-13/h1-8H,9H2,(H,17,19). The van der Waals surface area contributed by atoms with Gasteiger partial charge in [0.15, 0.2) is 12.9 Å². The number of carbonyl (C=O) groups excluding carboxylic acids is 2. The van der Waals surface area contributed by atoms with Crippen LogP contribution in [0, 0.1) is 0 Å². The molecule has 1 heterocycles. The summed E-state index contributed by atoms with van der Waals surface area (Å²) in [6, 6.07) is 10.3. The highest BCUT2D eigenvalue weighted by Crippen LogP contribution is 2.14. The number of carbonyl (C=O) groups is 2. The average molecular weight is 335 g/mol. The molecule has 1 aromatic carbocycles. The van der Waals surface area contributed by atoms with E-state index < -0.39 is 0 Å². The van der Waals surface area contributed by atoms with Crippen LogP contribution >= 0.6 is 15.9 Å². The van der Waals surface area contributed by atoms with Crippen LogP contribution in [0.4, 0.5) is 5.69 Å². The molecule has 0 radical (unpaired) electrons. The molecule has 0 bridgehead atoms. The summed E-state index contributed by atoms with van der Waals surface area (Å²) in [7, 11) is 0. The summed E-state index contributed by atoms with van der Waals surface area (Å²) in [5.41, 5.74) is 1.01. The summed E-state index contributed by atoms with van der Waals surface area (Å²) >= 11 is 3.32. The molecular weight excluding hydrogens is 324 g/mol. The number of nitrogens with zero attached hydrogens (tertiary/aromatic N) is 1. The number of ether oxygens (including phenoxy) is 1. The number of nitrogens with one attached hydrogen (secondary N) is 1. The second kappa shape index (κ2) is 6.81. The van der Waals surface area contributed by atoms with Gasteiger partial charge in [0, 0.05) is 10.2 Å². The molecule has 2 rings (SSSR count). The minimum Gasteiger partial charge on any atom is -0.482 e. The summed E-state index contributed by atoms with van der Waals surface area (Å²) in [6.07, 6.45) is 2.04. The maximum Gasteiger partial charge on any atom is 0.262 e. The molecule has 1 amide bonds. The van der Waals surface area contributed by atoms with Crippen molar-refractivity contribution in [3.05, 3.63) is 52.8 Å². The second-order valence-electron chi connectivity index (χ2n) is 3.88. The lowest BCUT2D eigenvalue weighted by Gasteiger charge is -2.07. The van der Waals surface area contributed by atoms with E-state index in [1.165, 1.54) is 12.3 Å². The van der Waals surface area contributed by atoms with Gasteiger partial charge in [0.2, 0.25) is 0 Å². The number of rotatable bonds is 5. The lowest BCUT2D eigenvalue weighted by Crippen LogP contribution is -2.20. The van der Waals surface area contributed by atoms with Crippen molar-refractivity contribution in [1.29, 1.82) is 0 Å². The van der Waals surface area contributed by atoms with E-state index in [4.69, 9.17) is 4.74 Å². The van der Waals surface area contributed by atoms with Gasteiger partial charge in [-0.05, 0) is 36.4 Å². The number of benzene rings is 1. The summed E-state index contributed by atoms with van der Waals surface area (Å²) < 4.78 is 6.20. The van der Waals surface area contributed by atoms with Gasteiger partial charge in [-0.2, -0.15) is 0 Å². The van der Waals surface area contributed by atoms with Gasteiger partial charge in [-0.3, -0.25) is 9.59 Å². The quantitative estimate of drug-likeness (QED) is 0.853. The predicted octanol–water partition coefficient (Wildman–Crippen LogP) is 2.67. The molecule has 1 aromatic heterocycles. The Kier molecular flexibility index (Phi) is 4.84. The fraction of sp³-hybridized carbons (Fsp3) is 0.0714. The molecule has 0 saturated heterocycles. The second-order valence-corrected chi connectivity index (χ2v) is 4.80. The van der Waals surface area contributed by atoms with Crippen LogP contribution in [0.25, 0.3) is 0 Å². The normalized spacial score (nSPS) is 9.85. The van der Waals surface area contributed by atoms with Crippen LogP contribution in [0.15, 0.2) is 47.1 Å². The topological polar surface area (TPSA) is 68.3 Å². The number of pyridine rings is 1. The molecule has 102 valence electrons. The smallest absolute Gasteiger partial charge is 0.262 e. The van der Waals surface area contributed by atoms with Crippen molar-refractivity contribution < 1.29 is 14.3 Å². The molecule has 0 unspecified atom stereocenters. The maximum absolute atomic E-state index is 11.7. The van der Waals surface area contributed by atoms with Gasteiger partial charge in [-0.25, -0.2) is 4.98 Å². The first-order valence-electron chi connectivity index (χ1n) is 5.77. The monoisotopic (exact) mass is 334 g/mol. The molecule has 0 spiro atoms. The predicted molar refractivity (Wildman–Crippen MR) is 77.9 cm³/mol. The van der Waals surface area contributed by atoms with E-state index in [0.717, 1.165) is 4.47 Å². The van der Waals surface area contributed by atoms with Crippen LogP contribution in [-0.2, 0) is 4.79 Å². The van der Waals surface area contributed by atoms with Crippen LogP contribution < -0.4 is 10.1 Å². The minimum absolute atomic E-state index is 0.127. The zero-order valence-electron chi connectivity index (χ0n) is 10.4. The van der Waals surface area contributed by atoms with Crippen molar-refractivity contribution in [2.75, 3.05) is 11.9 Å². The van der Waals surface area contributed by atoms with Crippen molar-refractivity contribution in [1.82, 2.24) is 4.98 Å². The molecule has 0 saturated carbocycles. The van der Waals surface area contributed by atoms with E-state index in [2.05, 4.69) is 26.2 Å². The van der Waals surface area contributed by atoms with Crippen molar-refractivity contribution >= 4 is 33.8 Å². The van der Waals surface area contributed by atoms with Gasteiger partial charge in [0.25, 0.3) is 5.91 Å². The lowest BCUT2D eigenvalue weighted by molar-refractivity contribution is -0.118. The van der Waals surface area contributed by atoms with Gasteiger partial charge in [-0.15, -0.1) is 0 Å². The van der Waals surface area contributed by atoms with E-state index in [9.17, 15) is 9.59 Å². The van der Waals surface area contributed by atoms with E-state index in [1.807, 2.05) is 12.1 Å². The number of hydrogen-bond acceptors (Lipinski definition) is 4. The van der Waals surface area contributed by atoms with Crippen LogP contribution in [0.1, 0.15) is 10.5 Å². The first-order valence-corrected chi connectivity index (χ1v) is 6.56. The third-order valence-electron chi connectivity index (χ3n) is 2.38. The van der Waals surface area contributed by atoms with Crippen LogP contribution in [0.5, 0.6) is 5.75 Å². The van der Waals surface area contributed by atoms with Crippen LogP contribution in [0.2, 0.25) is 0 Å². The largest absolute Gasteiger partial charge is 0.482 e. The Balaban J connectivity index is 1.85. The number of hydrogen-bond donors (Lipinski definition) is 1. The van der Waals surface area contributed by atoms with Gasteiger partial charge >= 0.3 is 0 Å². The molecule has 5 nitrogen and oxygen atoms in total. The zero-order valence-corrected chi connectivity index (χ0v) is 12.0. The van der Waals surface area contributed by atoms with E-state index in [-0.39, 0.29) is 12.5 Å². The van der Waals surface area contributed by atoms with Crippen molar-refractivity contribution in [2.45, 2.75) is 0 Å². The number of aromatic nitrogens is 1. The summed E-state index contributed by atoms with van der Waals surface area (Å²) in [6.45, 7) is -0.127. The van der Waals surface area contributed by atoms with E-state index in [0.29, 0.717) is 23.4 Å². The molecule has 1 N–H and O–H groups in total. The van der Waals surface area contributed by atoms with Crippen molar-refractivity contribution in [3.63, 3.8) is 0 Å². The number of amides is 1. The Bertz CT molecular complexity index is 597. The molecule has 0 fully saturated rings. The fourth-order valence-corrected chi connectivity index (χ4v) is 1.69. The summed E-state index contributed by atoms with van der Waals surface area (Å²) in [5, 5.41) is 2.70. The number of anilines is 1. The van der Waals surface area contributed by atoms with Gasteiger partial charge in [0.05, 0.1) is 6.20 Å². The molecule has 20 heavy (non-hydrogen) atoms. The molecule has 0 aliphatic carbocycles. The Morgan fingerprint density at radius 1 is 1.25 bits per heavy atom. The maximum atomic E-state index is 11.7. The van der Waals surface area contributed by atoms with Gasteiger partial charge in [-0.1, -0.05) is 15.9 Å². The fourth-order valence-electron chi connectivity index (χ4n) is 1.43. The third-order valence-corrected chi connectivity index (χ3v) is 2.91. The van der Waals surface area contributed by atoms with Gasteiger partial charge < -0.3 is 10.1 Å². The Hall–Kier alpha value is -2.21. The van der Waals surface area contributed by atoms with Crippen LogP contribution in [0.3, 0.4) is 0 Å². The molecule has 2 aromatic rings. The summed E-state index contributed by atoms with van der Waals surface area (Å²) in [4.78, 5) is 25.9. The SMILES string of the molecule is O=Cc1ccc(OCC(=O)Nc2ccc(Br)cc2)cn1. The minimum atomic E-state index is -0.271. The van der Waals surface area contributed by atoms with E-state index >= 15 is 0 Å². The van der Waals surface area contributed by atoms with Crippen molar-refractivity contribution in [3.8, 4) is 5.75 Å². The Morgan fingerprint density at radius 3 is 2.60 bits per heavy atom. The van der Waals surface area contributed by atoms with Gasteiger partial charge in [0.1, 0.15) is 11.4 Å². The molecule has 0 atom stereocenters. The lowest BCUT2D eigenvalue weighted by atomic mass is 10.3. The first kappa shape index (κ1) is 14.2. The number of aldehydes is 1. The highest BCUT2D eigenvalue weighted by Gasteiger charge is 2.04. The third kappa shape index (κ3) is 4.17. The Morgan fingerprint density at radius 2 is 2.00 bits per heavy atom. The first-order chi connectivity index (χ1) is 9.67. The number of halogens is 1. The molecule has 6 heteroatoms. The van der Waals surface area contributed by atoms with Crippen molar-refractivity contribution in [2.24, 2.45) is 0 Å². The highest BCUT2D eigenvalue weighted by atomic mass is 79.9. The van der Waals surface area contributed by atoms with E-state index in [1.54, 1.807) is 18.2 Å².